The van der Waals surface area contributed by atoms with Gasteiger partial charge in [-0.25, -0.2) is 9.97 Å². The molecule has 29 heavy (non-hydrogen) atoms. The van der Waals surface area contributed by atoms with E-state index in [0.29, 0.717) is 17.3 Å². The number of carbonyl (C=O) groups is 1. The molecule has 0 unspecified atom stereocenters. The van der Waals surface area contributed by atoms with Crippen LogP contribution in [0.5, 0.6) is 0 Å². The monoisotopic (exact) mass is 400 g/mol. The lowest BCUT2D eigenvalue weighted by molar-refractivity contribution is -0.155. The fraction of sp³-hybridized carbons (Fsp3) is 0.682. The van der Waals surface area contributed by atoms with E-state index in [9.17, 15) is 4.79 Å². The number of hydrogen-bond donors (Lipinski definition) is 0. The molecule has 0 saturated heterocycles. The molecule has 0 aromatic carbocycles. The van der Waals surface area contributed by atoms with Crippen molar-refractivity contribution < 1.29 is 14.1 Å². The minimum Gasteiger partial charge on any atom is -0.460 e. The third kappa shape index (κ3) is 6.91. The molecule has 7 nitrogen and oxygen atoms in total. The summed E-state index contributed by atoms with van der Waals surface area (Å²) in [6, 6.07) is 0. The first-order chi connectivity index (χ1) is 13.9. The van der Waals surface area contributed by atoms with Gasteiger partial charge in [0.2, 0.25) is 11.7 Å². The van der Waals surface area contributed by atoms with E-state index in [1.165, 1.54) is 44.9 Å². The van der Waals surface area contributed by atoms with Crippen molar-refractivity contribution in [2.75, 3.05) is 0 Å². The molecule has 0 N–H and O–H groups in total. The van der Waals surface area contributed by atoms with E-state index in [0.717, 1.165) is 18.8 Å². The summed E-state index contributed by atoms with van der Waals surface area (Å²) in [5.41, 5.74) is 0.186. The summed E-state index contributed by atoms with van der Waals surface area (Å²) in [5.74, 6) is 1.37. The minimum atomic E-state index is -0.509. The van der Waals surface area contributed by atoms with Gasteiger partial charge in [0.1, 0.15) is 11.9 Å². The normalized spacial score (nSPS) is 16.5. The average molecular weight is 401 g/mol. The number of esters is 1. The van der Waals surface area contributed by atoms with Gasteiger partial charge in [-0.1, -0.05) is 50.1 Å². The third-order valence-electron chi connectivity index (χ3n) is 5.33. The van der Waals surface area contributed by atoms with Crippen LogP contribution in [0.15, 0.2) is 23.2 Å². The minimum absolute atomic E-state index is 0.140. The van der Waals surface area contributed by atoms with Gasteiger partial charge >= 0.3 is 5.97 Å². The quantitative estimate of drug-likeness (QED) is 0.570. The fourth-order valence-electron chi connectivity index (χ4n) is 3.96. The van der Waals surface area contributed by atoms with Crippen molar-refractivity contribution in [3.05, 3.63) is 24.6 Å². The van der Waals surface area contributed by atoms with Gasteiger partial charge in [-0.15, -0.1) is 0 Å². The molecule has 2 heterocycles. The summed E-state index contributed by atoms with van der Waals surface area (Å²) in [5, 5.41) is 4.07. The number of hydrogen-bond acceptors (Lipinski definition) is 7. The maximum atomic E-state index is 12.5. The second-order valence-corrected chi connectivity index (χ2v) is 9.01. The van der Waals surface area contributed by atoms with Gasteiger partial charge in [0, 0.05) is 18.3 Å². The Kier molecular flexibility index (Phi) is 7.34. The Labute approximate surface area is 172 Å². The fourth-order valence-corrected chi connectivity index (χ4v) is 3.96. The molecular formula is C22H32N4O3. The van der Waals surface area contributed by atoms with Crippen LogP contribution in [-0.4, -0.2) is 31.7 Å². The Morgan fingerprint density at radius 1 is 1.21 bits per heavy atom. The summed E-state index contributed by atoms with van der Waals surface area (Å²) in [6.45, 7) is 5.63. The second-order valence-electron chi connectivity index (χ2n) is 9.01. The van der Waals surface area contributed by atoms with E-state index in [2.05, 4.69) is 20.1 Å². The van der Waals surface area contributed by atoms with Gasteiger partial charge in [-0.05, 0) is 33.1 Å². The van der Waals surface area contributed by atoms with Gasteiger partial charge in [-0.2, -0.15) is 4.98 Å². The Morgan fingerprint density at radius 2 is 1.93 bits per heavy atom. The Morgan fingerprint density at radius 3 is 2.62 bits per heavy atom. The molecule has 0 bridgehead atoms. The summed E-state index contributed by atoms with van der Waals surface area (Å²) in [6.07, 6.45) is 14.8. The molecule has 2 aromatic rings. The predicted molar refractivity (Wildman–Crippen MR) is 109 cm³/mol. The molecule has 158 valence electrons. The zero-order valence-corrected chi connectivity index (χ0v) is 17.8. The van der Waals surface area contributed by atoms with Crippen LogP contribution in [-0.2, 0) is 9.53 Å². The zero-order valence-electron chi connectivity index (χ0n) is 17.8. The molecule has 1 aliphatic rings. The molecule has 1 fully saturated rings. The summed E-state index contributed by atoms with van der Waals surface area (Å²) in [4.78, 5) is 25.0. The Balaban J connectivity index is 1.66. The predicted octanol–water partition coefficient (Wildman–Crippen LogP) is 5.09. The summed E-state index contributed by atoms with van der Waals surface area (Å²) >= 11 is 0. The van der Waals surface area contributed by atoms with E-state index in [-0.39, 0.29) is 18.3 Å². The van der Waals surface area contributed by atoms with Crippen LogP contribution in [0.4, 0.5) is 0 Å². The van der Waals surface area contributed by atoms with Crippen LogP contribution in [0, 0.1) is 5.92 Å². The molecule has 0 aliphatic heterocycles. The molecule has 1 aliphatic carbocycles. The van der Waals surface area contributed by atoms with Crippen LogP contribution >= 0.6 is 0 Å². The largest absolute Gasteiger partial charge is 0.460 e. The number of rotatable bonds is 8. The number of ether oxygens (including phenoxy) is 1. The highest BCUT2D eigenvalue weighted by atomic mass is 16.6. The molecular weight excluding hydrogens is 368 g/mol. The first-order valence-electron chi connectivity index (χ1n) is 10.7. The molecule has 0 amide bonds. The Bertz CT molecular complexity index is 764. The highest BCUT2D eigenvalue weighted by Gasteiger charge is 2.26. The smallest absolute Gasteiger partial charge is 0.307 e. The van der Waals surface area contributed by atoms with Gasteiger partial charge < -0.3 is 9.26 Å². The van der Waals surface area contributed by atoms with E-state index in [4.69, 9.17) is 9.26 Å². The van der Waals surface area contributed by atoms with Crippen molar-refractivity contribution in [3.8, 4) is 11.4 Å². The topological polar surface area (TPSA) is 91.0 Å². The van der Waals surface area contributed by atoms with Crippen molar-refractivity contribution in [1.82, 2.24) is 20.1 Å². The van der Waals surface area contributed by atoms with Crippen LogP contribution in [0.2, 0.25) is 0 Å². The third-order valence-corrected chi connectivity index (χ3v) is 5.33. The zero-order chi connectivity index (χ0) is 20.7. The average Bonchev–Trinajstić information content (AvgIpc) is 3.17. The van der Waals surface area contributed by atoms with Crippen molar-refractivity contribution in [1.29, 1.82) is 0 Å². The van der Waals surface area contributed by atoms with Crippen LogP contribution in [0.1, 0.15) is 90.4 Å². The van der Waals surface area contributed by atoms with Crippen LogP contribution in [0.25, 0.3) is 11.4 Å². The lowest BCUT2D eigenvalue weighted by Gasteiger charge is -2.23. The Hall–Kier alpha value is -2.31. The lowest BCUT2D eigenvalue weighted by atomic mass is 9.84. The molecule has 2 aromatic heterocycles. The van der Waals surface area contributed by atoms with Gasteiger partial charge in [0.25, 0.3) is 0 Å². The first-order valence-corrected chi connectivity index (χ1v) is 10.7. The highest BCUT2D eigenvalue weighted by molar-refractivity contribution is 5.70. The van der Waals surface area contributed by atoms with E-state index < -0.39 is 5.60 Å². The molecule has 1 atom stereocenters. The van der Waals surface area contributed by atoms with Crippen molar-refractivity contribution in [2.24, 2.45) is 5.92 Å². The molecule has 3 rings (SSSR count). The molecule has 0 radical (unpaired) electrons. The van der Waals surface area contributed by atoms with E-state index in [1.54, 1.807) is 12.4 Å². The maximum absolute atomic E-state index is 12.5. The van der Waals surface area contributed by atoms with Gasteiger partial charge in [0.15, 0.2) is 0 Å². The van der Waals surface area contributed by atoms with Crippen molar-refractivity contribution in [2.45, 2.75) is 90.1 Å². The number of nitrogens with zero attached hydrogens (tertiary/aromatic N) is 4. The first kappa shape index (κ1) is 21.4. The van der Waals surface area contributed by atoms with Crippen LogP contribution < -0.4 is 0 Å². The van der Waals surface area contributed by atoms with Gasteiger partial charge in [-0.3, -0.25) is 4.79 Å². The number of carbonyl (C=O) groups excluding carboxylic acids is 1. The van der Waals surface area contributed by atoms with Crippen molar-refractivity contribution in [3.63, 3.8) is 0 Å². The SMILES string of the molecule is CC(C)(C)OC(=O)C[C@H](CCCC1CCCCC1)c1nc(-c2cncnc2)no1. The molecule has 1 saturated carbocycles. The van der Waals surface area contributed by atoms with Gasteiger partial charge in [0.05, 0.1) is 12.0 Å². The van der Waals surface area contributed by atoms with E-state index >= 15 is 0 Å². The molecule has 0 spiro atoms. The van der Waals surface area contributed by atoms with Crippen LogP contribution in [0.3, 0.4) is 0 Å². The number of aromatic nitrogens is 4. The summed E-state index contributed by atoms with van der Waals surface area (Å²) in [7, 11) is 0. The summed E-state index contributed by atoms with van der Waals surface area (Å²) < 4.78 is 11.1. The second kappa shape index (κ2) is 9.94. The highest BCUT2D eigenvalue weighted by Crippen LogP contribution is 2.32. The van der Waals surface area contributed by atoms with E-state index in [1.807, 2.05) is 20.8 Å². The van der Waals surface area contributed by atoms with Crippen molar-refractivity contribution >= 4 is 5.97 Å². The standard InChI is InChI=1S/C22H32N4O3/c1-22(2,3)28-19(27)12-17(11-7-10-16-8-5-4-6-9-16)21-25-20(26-29-21)18-13-23-15-24-14-18/h13-17H,4-12H2,1-3H3/t17-/m0/s1. The molecule has 7 heteroatoms. The lowest BCUT2D eigenvalue weighted by Crippen LogP contribution is -2.25. The maximum Gasteiger partial charge on any atom is 0.307 e.